The maximum absolute atomic E-state index is 13.5. The zero-order valence-corrected chi connectivity index (χ0v) is 37.6. The molecule has 0 radical (unpaired) electrons. The van der Waals surface area contributed by atoms with Gasteiger partial charge in [-0.1, -0.05) is 161 Å². The van der Waals surface area contributed by atoms with Gasteiger partial charge in [0.15, 0.2) is 0 Å². The molecule has 0 aliphatic rings. The first kappa shape index (κ1) is 45.3. The van der Waals surface area contributed by atoms with E-state index in [-0.39, 0.29) is 36.1 Å². The number of nitrogens with zero attached hydrogens (tertiary/aromatic N) is 4. The van der Waals surface area contributed by atoms with Gasteiger partial charge in [-0.2, -0.15) is 0 Å². The van der Waals surface area contributed by atoms with Crippen LogP contribution in [0.5, 0.6) is 5.75 Å². The number of aromatic nitrogens is 2. The van der Waals surface area contributed by atoms with Crippen LogP contribution in [0.25, 0.3) is 4.65 Å². The molecule has 0 bridgehead atoms. The Morgan fingerprint density at radius 1 is 0.681 bits per heavy atom. The molecule has 2 aromatic heterocycles. The van der Waals surface area contributed by atoms with Gasteiger partial charge in [0.2, 0.25) is 0 Å². The van der Waals surface area contributed by atoms with Crippen LogP contribution in [0.1, 0.15) is 109 Å². The normalized spacial score (nSPS) is 12.0. The van der Waals surface area contributed by atoms with Gasteiger partial charge in [-0.3, -0.25) is 14.9 Å². The monoisotopic (exact) mass is 726 g/mol. The molecular weight excluding hydrogens is 662 g/mol. The summed E-state index contributed by atoms with van der Waals surface area (Å²) < 4.78 is 4.82. The summed E-state index contributed by atoms with van der Waals surface area (Å²) in [6, 6.07) is 16.1. The van der Waals surface area contributed by atoms with Crippen LogP contribution in [0.4, 0.5) is 0 Å². The topological polar surface area (TPSA) is 66.2 Å². The molecule has 47 heavy (non-hydrogen) atoms. The maximum atomic E-state index is 13.5. The van der Waals surface area contributed by atoms with Crippen molar-refractivity contribution in [2.75, 3.05) is 0 Å². The zero-order valence-electron chi connectivity index (χ0n) is 32.6. The van der Waals surface area contributed by atoms with E-state index in [1.54, 1.807) is 0 Å². The fraction of sp³-hybridized carbons (Fsp3) is 0.590. The van der Waals surface area contributed by atoms with Gasteiger partial charge in [0, 0.05) is 32.0 Å². The minimum absolute atomic E-state index is 0. The van der Waals surface area contributed by atoms with E-state index >= 15 is 0 Å². The Morgan fingerprint density at radius 3 is 1.43 bits per heavy atom. The SMILES string of the molecule is CC(C)(C)c1cc(CN(Cc2ccccn2)Cc2ccccn2)c([O-])c(C(C)(C)C)c1.CCCCCC.C[Si](C)(C)[N-][Si](C)(C)C.[Zn+2]. The maximum Gasteiger partial charge on any atom is 2.00 e. The second kappa shape index (κ2) is 20.7. The molecule has 3 aromatic rings. The van der Waals surface area contributed by atoms with Crippen molar-refractivity contribution in [2.24, 2.45) is 0 Å². The first-order chi connectivity index (χ1) is 21.2. The summed E-state index contributed by atoms with van der Waals surface area (Å²) in [5.41, 5.74) is 4.63. The van der Waals surface area contributed by atoms with Crippen molar-refractivity contribution >= 4 is 16.5 Å². The molecule has 2 heterocycles. The van der Waals surface area contributed by atoms with Crippen LogP contribution in [-0.2, 0) is 49.9 Å². The molecule has 0 fully saturated rings. The van der Waals surface area contributed by atoms with Crippen LogP contribution in [0.3, 0.4) is 0 Å². The summed E-state index contributed by atoms with van der Waals surface area (Å²) in [5, 5.41) is 13.5. The van der Waals surface area contributed by atoms with Crippen molar-refractivity contribution in [1.29, 1.82) is 0 Å². The number of benzene rings is 1. The van der Waals surface area contributed by atoms with Crippen LogP contribution >= 0.6 is 0 Å². The van der Waals surface area contributed by atoms with E-state index in [4.69, 9.17) is 4.65 Å². The van der Waals surface area contributed by atoms with E-state index in [9.17, 15) is 5.11 Å². The van der Waals surface area contributed by atoms with E-state index in [1.807, 2.05) is 48.8 Å². The Balaban J connectivity index is 0.00000110. The Bertz CT molecular complexity index is 1210. The molecule has 1 aromatic carbocycles. The molecule has 0 saturated carbocycles. The summed E-state index contributed by atoms with van der Waals surface area (Å²) in [6.45, 7) is 33.0. The van der Waals surface area contributed by atoms with Crippen molar-refractivity contribution in [2.45, 2.75) is 151 Å². The predicted molar refractivity (Wildman–Crippen MR) is 205 cm³/mol. The Hall–Kier alpha value is -1.70. The van der Waals surface area contributed by atoms with Gasteiger partial charge < -0.3 is 9.75 Å². The van der Waals surface area contributed by atoms with Crippen molar-refractivity contribution in [3.63, 3.8) is 0 Å². The van der Waals surface area contributed by atoms with Crippen LogP contribution < -0.4 is 5.11 Å². The van der Waals surface area contributed by atoms with E-state index in [0.29, 0.717) is 19.6 Å². The van der Waals surface area contributed by atoms with Crippen molar-refractivity contribution in [3.05, 3.63) is 93.7 Å². The first-order valence-corrected chi connectivity index (χ1v) is 24.2. The second-order valence-electron chi connectivity index (χ2n) is 16.5. The molecule has 3 rings (SSSR count). The summed E-state index contributed by atoms with van der Waals surface area (Å²) in [5.74, 6) is 0.146. The van der Waals surface area contributed by atoms with Gasteiger partial charge >= 0.3 is 19.5 Å². The Kier molecular flexibility index (Phi) is 20.0. The minimum Gasteiger partial charge on any atom is -0.872 e. The quantitative estimate of drug-likeness (QED) is 0.146. The standard InChI is InChI=1S/C27H35N3O.C6H18NSi2.C6H14.Zn/c1-26(2,3)21-15-20(25(31)24(16-21)27(4,5)6)17-30(18-22-11-7-9-13-28-22)19-23-12-8-10-14-29-23;1-8(2,3)7-9(4,5)6;1-3-5-6-4-2;/h7-16,31H,17-19H2,1-6H3;1-6H3;3-6H2,1-2H3;/q;-1;;+2/p-1. The molecule has 0 unspecified atom stereocenters. The zero-order chi connectivity index (χ0) is 35.2. The number of hydrogen-bond acceptors (Lipinski definition) is 4. The second-order valence-corrected chi connectivity index (χ2v) is 26.0. The molecule has 8 heteroatoms. The smallest absolute Gasteiger partial charge is 0.872 e. The Labute approximate surface area is 304 Å². The van der Waals surface area contributed by atoms with Gasteiger partial charge in [0.25, 0.3) is 0 Å². The van der Waals surface area contributed by atoms with Crippen LogP contribution in [0.2, 0.25) is 39.3 Å². The van der Waals surface area contributed by atoms with E-state index in [2.05, 4.69) is 122 Å². The average Bonchev–Trinajstić information content (AvgIpc) is 2.91. The van der Waals surface area contributed by atoms with E-state index in [0.717, 1.165) is 22.5 Å². The van der Waals surface area contributed by atoms with Crippen molar-refractivity contribution < 1.29 is 24.6 Å². The molecular formula is C39H66N4OSi2Zn. The summed E-state index contributed by atoms with van der Waals surface area (Å²) in [6.07, 6.45) is 9.16. The molecule has 0 aliphatic heterocycles. The number of unbranched alkanes of at least 4 members (excludes halogenated alkanes) is 3. The van der Waals surface area contributed by atoms with Gasteiger partial charge in [-0.25, -0.2) is 0 Å². The third-order valence-corrected chi connectivity index (χ3v) is 12.5. The molecule has 0 spiro atoms. The summed E-state index contributed by atoms with van der Waals surface area (Å²) in [4.78, 5) is 11.2. The van der Waals surface area contributed by atoms with E-state index < -0.39 is 16.5 Å². The number of pyridine rings is 2. The molecule has 0 atom stereocenters. The Morgan fingerprint density at radius 2 is 1.13 bits per heavy atom. The van der Waals surface area contributed by atoms with Crippen molar-refractivity contribution in [1.82, 2.24) is 14.9 Å². The summed E-state index contributed by atoms with van der Waals surface area (Å²) >= 11 is 0. The van der Waals surface area contributed by atoms with Gasteiger partial charge in [0.1, 0.15) is 0 Å². The van der Waals surface area contributed by atoms with Crippen LogP contribution in [0.15, 0.2) is 60.9 Å². The molecule has 258 valence electrons. The fourth-order valence-electron chi connectivity index (χ4n) is 5.15. The minimum atomic E-state index is -1.11. The third kappa shape index (κ3) is 19.8. The summed E-state index contributed by atoms with van der Waals surface area (Å²) in [7, 11) is -2.21. The number of rotatable bonds is 11. The molecule has 5 nitrogen and oxygen atoms in total. The van der Waals surface area contributed by atoms with Gasteiger partial charge in [-0.15, -0.1) is 5.75 Å². The molecule has 0 N–H and O–H groups in total. The molecule has 0 amide bonds. The molecule has 0 saturated heterocycles. The fourth-order valence-corrected chi connectivity index (χ4v) is 13.2. The van der Waals surface area contributed by atoms with Crippen LogP contribution in [-0.4, -0.2) is 31.3 Å². The van der Waals surface area contributed by atoms with Crippen molar-refractivity contribution in [3.8, 4) is 5.75 Å². The van der Waals surface area contributed by atoms with Gasteiger partial charge in [0.05, 0.1) is 11.4 Å². The van der Waals surface area contributed by atoms with Gasteiger partial charge in [-0.05, 0) is 51.8 Å². The predicted octanol–water partition coefficient (Wildman–Crippen LogP) is 11.0. The third-order valence-electron chi connectivity index (χ3n) is 7.09. The van der Waals surface area contributed by atoms with Crippen LogP contribution in [0, 0.1) is 0 Å². The van der Waals surface area contributed by atoms with E-state index in [1.165, 1.54) is 31.2 Å². The largest absolute Gasteiger partial charge is 2.00 e. The molecule has 0 aliphatic carbocycles. The average molecular weight is 729 g/mol. The first-order valence-electron chi connectivity index (χ1n) is 17.3. The number of hydrogen-bond donors (Lipinski definition) is 0.